The van der Waals surface area contributed by atoms with Gasteiger partial charge in [0.25, 0.3) is 0 Å². The van der Waals surface area contributed by atoms with Crippen molar-refractivity contribution in [1.82, 2.24) is 0 Å². The van der Waals surface area contributed by atoms with Crippen LogP contribution in [0.2, 0.25) is 0 Å². The van der Waals surface area contributed by atoms with E-state index in [1.54, 1.807) is 0 Å². The van der Waals surface area contributed by atoms with E-state index >= 15 is 0 Å². The minimum Gasteiger partial charge on any atom is -0.461 e. The number of carbonyl (C=O) groups is 5. The molecule has 1 aromatic heterocycles. The van der Waals surface area contributed by atoms with Crippen molar-refractivity contribution in [2.24, 2.45) is 0 Å². The van der Waals surface area contributed by atoms with Crippen LogP contribution in [0.25, 0.3) is 11.0 Å². The zero-order valence-corrected chi connectivity index (χ0v) is 18.4. The van der Waals surface area contributed by atoms with Crippen molar-refractivity contribution < 1.29 is 42.6 Å². The van der Waals surface area contributed by atoms with Gasteiger partial charge in [-0.2, -0.15) is 0 Å². The summed E-state index contributed by atoms with van der Waals surface area (Å²) in [6, 6.07) is 4.64. The van der Waals surface area contributed by atoms with Gasteiger partial charge in [-0.15, -0.1) is 0 Å². The molecule has 1 aliphatic carbocycles. The first kappa shape index (κ1) is 22.6. The molecule has 1 aliphatic rings. The molecule has 0 unspecified atom stereocenters. The second kappa shape index (κ2) is 8.07. The van der Waals surface area contributed by atoms with Gasteiger partial charge >= 0.3 is 17.9 Å². The topological polar surface area (TPSA) is 143 Å². The Bertz CT molecular complexity index is 1520. The van der Waals surface area contributed by atoms with Crippen LogP contribution >= 0.6 is 0 Å². The Hall–Kier alpha value is -4.60. The summed E-state index contributed by atoms with van der Waals surface area (Å²) in [5, 5.41) is -0.199. The highest BCUT2D eigenvalue weighted by Gasteiger charge is 2.38. The molecule has 10 heteroatoms. The van der Waals surface area contributed by atoms with E-state index in [2.05, 4.69) is 0 Å². The summed E-state index contributed by atoms with van der Waals surface area (Å²) in [4.78, 5) is 74.8. The van der Waals surface area contributed by atoms with E-state index in [1.165, 1.54) is 13.0 Å². The third-order valence-electron chi connectivity index (χ3n) is 4.88. The number of ketones is 2. The first-order chi connectivity index (χ1) is 16.0. The van der Waals surface area contributed by atoms with E-state index in [9.17, 15) is 28.8 Å². The Balaban J connectivity index is 2.10. The Kier molecular flexibility index (Phi) is 5.36. The van der Waals surface area contributed by atoms with Gasteiger partial charge in [0, 0.05) is 44.0 Å². The molecule has 0 aliphatic heterocycles. The lowest BCUT2D eigenvalue weighted by Crippen LogP contribution is -2.25. The predicted molar refractivity (Wildman–Crippen MR) is 114 cm³/mol. The molecule has 0 saturated heterocycles. The van der Waals surface area contributed by atoms with Gasteiger partial charge < -0.3 is 18.6 Å². The SMILES string of the molecule is CC(=O)Oc1cc(OC(C)=O)c2c(c1)C(=O)c1cc3oc(C)cc(=O)c3c(OC(C)=O)c1C2=O. The number of rotatable bonds is 3. The number of benzene rings is 2. The molecular formula is C24H16O10. The Morgan fingerprint density at radius 3 is 1.97 bits per heavy atom. The molecule has 0 atom stereocenters. The third kappa shape index (κ3) is 3.75. The Morgan fingerprint density at radius 2 is 1.35 bits per heavy atom. The van der Waals surface area contributed by atoms with E-state index in [-0.39, 0.29) is 50.5 Å². The zero-order chi connectivity index (χ0) is 24.9. The van der Waals surface area contributed by atoms with Crippen LogP contribution in [-0.4, -0.2) is 29.5 Å². The molecule has 0 spiro atoms. The summed E-state index contributed by atoms with van der Waals surface area (Å²) in [5.41, 5.74) is -1.74. The summed E-state index contributed by atoms with van der Waals surface area (Å²) in [6.07, 6.45) is 0. The maximum Gasteiger partial charge on any atom is 0.308 e. The molecule has 4 rings (SSSR count). The minimum absolute atomic E-state index is 0.0686. The molecule has 3 aromatic rings. The lowest BCUT2D eigenvalue weighted by Gasteiger charge is -2.23. The fourth-order valence-corrected chi connectivity index (χ4v) is 3.79. The molecule has 1 heterocycles. The highest BCUT2D eigenvalue weighted by molar-refractivity contribution is 6.32. The van der Waals surface area contributed by atoms with Gasteiger partial charge in [-0.05, 0) is 19.1 Å². The standard InChI is InChI=1S/C24H16O10/c1-9-5-16(28)21-18(31-9)8-15-20(24(21)34-12(4)27)23(30)19-14(22(15)29)6-13(32-10(2)25)7-17(19)33-11(3)26/h5-8H,1-4H3. The number of esters is 3. The zero-order valence-electron chi connectivity index (χ0n) is 18.4. The van der Waals surface area contributed by atoms with Crippen LogP contribution in [0.4, 0.5) is 0 Å². The van der Waals surface area contributed by atoms with E-state index < -0.39 is 40.7 Å². The fraction of sp³-hybridized carbons (Fsp3) is 0.167. The van der Waals surface area contributed by atoms with Gasteiger partial charge in [-0.25, -0.2) is 0 Å². The lowest BCUT2D eigenvalue weighted by molar-refractivity contribution is -0.132. The quantitative estimate of drug-likeness (QED) is 0.328. The normalized spacial score (nSPS) is 12.1. The third-order valence-corrected chi connectivity index (χ3v) is 4.88. The molecule has 0 saturated carbocycles. The van der Waals surface area contributed by atoms with Crippen molar-refractivity contribution in [3.8, 4) is 17.2 Å². The van der Waals surface area contributed by atoms with Crippen LogP contribution in [0.5, 0.6) is 17.2 Å². The van der Waals surface area contributed by atoms with Crippen molar-refractivity contribution in [2.75, 3.05) is 0 Å². The summed E-state index contributed by atoms with van der Waals surface area (Å²) >= 11 is 0. The van der Waals surface area contributed by atoms with Gasteiger partial charge in [0.05, 0.1) is 11.1 Å². The molecule has 0 amide bonds. The summed E-state index contributed by atoms with van der Waals surface area (Å²) in [5.74, 6) is -4.59. The number of aryl methyl sites for hydroxylation is 1. The first-order valence-corrected chi connectivity index (χ1v) is 9.92. The van der Waals surface area contributed by atoms with Gasteiger partial charge in [-0.1, -0.05) is 0 Å². The second-order valence-electron chi connectivity index (χ2n) is 7.51. The number of fused-ring (bicyclic) bond motifs is 3. The van der Waals surface area contributed by atoms with E-state index in [0.29, 0.717) is 0 Å². The molecular weight excluding hydrogens is 448 g/mol. The van der Waals surface area contributed by atoms with E-state index in [0.717, 1.165) is 39.0 Å². The van der Waals surface area contributed by atoms with Crippen molar-refractivity contribution in [3.63, 3.8) is 0 Å². The predicted octanol–water partition coefficient (Wildman–Crippen LogP) is 2.65. The molecule has 0 bridgehead atoms. The molecule has 10 nitrogen and oxygen atoms in total. The van der Waals surface area contributed by atoms with Crippen LogP contribution in [0, 0.1) is 6.92 Å². The molecule has 2 aromatic carbocycles. The van der Waals surface area contributed by atoms with Crippen LogP contribution in [-0.2, 0) is 14.4 Å². The molecule has 0 radical (unpaired) electrons. The summed E-state index contributed by atoms with van der Waals surface area (Å²) < 4.78 is 20.9. The smallest absolute Gasteiger partial charge is 0.308 e. The molecule has 0 N–H and O–H groups in total. The van der Waals surface area contributed by atoms with Crippen molar-refractivity contribution >= 4 is 40.4 Å². The largest absolute Gasteiger partial charge is 0.461 e. The van der Waals surface area contributed by atoms with Gasteiger partial charge in [0.15, 0.2) is 17.0 Å². The molecule has 0 fully saturated rings. The maximum absolute atomic E-state index is 13.6. The number of ether oxygens (including phenoxy) is 3. The highest BCUT2D eigenvalue weighted by atomic mass is 16.5. The second-order valence-corrected chi connectivity index (χ2v) is 7.51. The first-order valence-electron chi connectivity index (χ1n) is 9.92. The van der Waals surface area contributed by atoms with Crippen LogP contribution in [0.15, 0.2) is 33.5 Å². The average molecular weight is 464 g/mol. The lowest BCUT2D eigenvalue weighted by atomic mass is 9.82. The van der Waals surface area contributed by atoms with Crippen LogP contribution in [0.1, 0.15) is 58.4 Å². The van der Waals surface area contributed by atoms with Gasteiger partial charge in [-0.3, -0.25) is 28.8 Å². The van der Waals surface area contributed by atoms with Gasteiger partial charge in [0.2, 0.25) is 5.78 Å². The summed E-state index contributed by atoms with van der Waals surface area (Å²) in [6.45, 7) is 4.80. The minimum atomic E-state index is -0.842. The van der Waals surface area contributed by atoms with Gasteiger partial charge in [0.1, 0.15) is 28.2 Å². The number of hydrogen-bond donors (Lipinski definition) is 0. The van der Waals surface area contributed by atoms with E-state index in [1.807, 2.05) is 0 Å². The van der Waals surface area contributed by atoms with Crippen LogP contribution in [0.3, 0.4) is 0 Å². The molecule has 172 valence electrons. The van der Waals surface area contributed by atoms with E-state index in [4.69, 9.17) is 18.6 Å². The average Bonchev–Trinajstić information content (AvgIpc) is 2.69. The maximum atomic E-state index is 13.6. The Labute approximate surface area is 191 Å². The number of hydrogen-bond acceptors (Lipinski definition) is 10. The Morgan fingerprint density at radius 1 is 0.735 bits per heavy atom. The monoisotopic (exact) mass is 464 g/mol. The fourth-order valence-electron chi connectivity index (χ4n) is 3.79. The number of carbonyl (C=O) groups excluding carboxylic acids is 5. The van der Waals surface area contributed by atoms with Crippen molar-refractivity contribution in [2.45, 2.75) is 27.7 Å². The highest BCUT2D eigenvalue weighted by Crippen LogP contribution is 2.42. The van der Waals surface area contributed by atoms with Crippen LogP contribution < -0.4 is 19.6 Å². The van der Waals surface area contributed by atoms with Crippen molar-refractivity contribution in [1.29, 1.82) is 0 Å². The van der Waals surface area contributed by atoms with Crippen molar-refractivity contribution in [3.05, 3.63) is 62.5 Å². The summed E-state index contributed by atoms with van der Waals surface area (Å²) in [7, 11) is 0. The molecule has 34 heavy (non-hydrogen) atoms.